The minimum Gasteiger partial charge on any atom is -0.362 e. The fourth-order valence-corrected chi connectivity index (χ4v) is 5.10. The molecule has 1 fully saturated rings. The summed E-state index contributed by atoms with van der Waals surface area (Å²) in [5.74, 6) is 2.06. The van der Waals surface area contributed by atoms with Crippen LogP contribution < -0.4 is 15.5 Å². The van der Waals surface area contributed by atoms with Crippen LogP contribution in [0.3, 0.4) is 0 Å². The predicted octanol–water partition coefficient (Wildman–Crippen LogP) is 4.62. The van der Waals surface area contributed by atoms with Gasteiger partial charge in [0.25, 0.3) is 5.91 Å². The van der Waals surface area contributed by atoms with Crippen LogP contribution >= 0.6 is 11.5 Å². The zero-order valence-corrected chi connectivity index (χ0v) is 20.8. The first-order chi connectivity index (χ1) is 17.1. The van der Waals surface area contributed by atoms with Gasteiger partial charge in [0.05, 0.1) is 16.6 Å². The van der Waals surface area contributed by atoms with Crippen LogP contribution in [0.2, 0.25) is 0 Å². The highest BCUT2D eigenvalue weighted by molar-refractivity contribution is 7.09. The van der Waals surface area contributed by atoms with E-state index in [0.29, 0.717) is 30.0 Å². The maximum Gasteiger partial charge on any atom is 0.251 e. The van der Waals surface area contributed by atoms with Crippen molar-refractivity contribution in [3.8, 4) is 10.4 Å². The second-order valence-corrected chi connectivity index (χ2v) is 10.00. The van der Waals surface area contributed by atoms with E-state index in [4.69, 9.17) is 9.97 Å². The van der Waals surface area contributed by atoms with Gasteiger partial charge >= 0.3 is 0 Å². The van der Waals surface area contributed by atoms with Gasteiger partial charge in [-0.3, -0.25) is 4.79 Å². The van der Waals surface area contributed by atoms with Crippen molar-refractivity contribution in [2.75, 3.05) is 30.9 Å². The summed E-state index contributed by atoms with van der Waals surface area (Å²) in [6.45, 7) is 0.698. The number of anilines is 2. The van der Waals surface area contributed by atoms with Crippen molar-refractivity contribution in [1.29, 1.82) is 0 Å². The topological polar surface area (TPSA) is 95.9 Å². The highest BCUT2D eigenvalue weighted by Gasteiger charge is 2.23. The zero-order valence-electron chi connectivity index (χ0n) is 19.9. The van der Waals surface area contributed by atoms with E-state index in [2.05, 4.69) is 26.3 Å². The molecule has 0 bridgehead atoms. The van der Waals surface area contributed by atoms with E-state index in [1.165, 1.54) is 11.5 Å². The molecule has 1 aliphatic carbocycles. The molecule has 5 rings (SSSR count). The van der Waals surface area contributed by atoms with E-state index in [0.717, 1.165) is 52.8 Å². The highest BCUT2D eigenvalue weighted by atomic mass is 32.1. The lowest BCUT2D eigenvalue weighted by Crippen LogP contribution is -2.34. The molecule has 2 aromatic carbocycles. The Labute approximate surface area is 209 Å². The molecule has 1 saturated carbocycles. The molecule has 2 heterocycles. The number of hydrogen-bond donors (Lipinski definition) is 2. The Morgan fingerprint density at radius 1 is 1.03 bits per heavy atom. The van der Waals surface area contributed by atoms with Crippen LogP contribution in [0.1, 0.15) is 36.0 Å². The Hall–Kier alpha value is -3.59. The molecular weight excluding hydrogens is 458 g/mol. The number of carbonyl (C=O) groups is 1. The molecular formula is C26H29N7OS. The summed E-state index contributed by atoms with van der Waals surface area (Å²) in [5, 5.41) is 11.6. The van der Waals surface area contributed by atoms with Gasteiger partial charge in [0.15, 0.2) is 0 Å². The molecule has 0 atom stereocenters. The average Bonchev–Trinajstić information content (AvgIpc) is 3.43. The summed E-state index contributed by atoms with van der Waals surface area (Å²) in [5.41, 5.74) is 2.64. The van der Waals surface area contributed by atoms with Crippen molar-refractivity contribution in [2.24, 2.45) is 5.92 Å². The fourth-order valence-electron chi connectivity index (χ4n) is 4.58. The summed E-state index contributed by atoms with van der Waals surface area (Å²) >= 11 is 1.35. The maximum atomic E-state index is 12.6. The van der Waals surface area contributed by atoms with E-state index < -0.39 is 0 Å². The smallest absolute Gasteiger partial charge is 0.251 e. The third-order valence-corrected chi connectivity index (χ3v) is 7.24. The lowest BCUT2D eigenvalue weighted by atomic mass is 9.86. The van der Waals surface area contributed by atoms with Gasteiger partial charge in [0.2, 0.25) is 5.95 Å². The number of nitrogens with one attached hydrogen (secondary N) is 2. The summed E-state index contributed by atoms with van der Waals surface area (Å²) in [6, 6.07) is 16.0. The van der Waals surface area contributed by atoms with E-state index in [1.54, 1.807) is 6.20 Å². The number of benzene rings is 2. The number of fused-ring (bicyclic) bond motifs is 1. The van der Waals surface area contributed by atoms with Crippen molar-refractivity contribution >= 4 is 40.1 Å². The maximum absolute atomic E-state index is 12.6. The Bertz CT molecular complexity index is 1280. The Balaban J connectivity index is 1.12. The van der Waals surface area contributed by atoms with E-state index in [9.17, 15) is 4.79 Å². The third-order valence-electron chi connectivity index (χ3n) is 6.53. The zero-order chi connectivity index (χ0) is 24.2. The predicted molar refractivity (Wildman–Crippen MR) is 141 cm³/mol. The average molecular weight is 488 g/mol. The van der Waals surface area contributed by atoms with Gasteiger partial charge < -0.3 is 15.5 Å². The monoisotopic (exact) mass is 487 g/mol. The molecule has 35 heavy (non-hydrogen) atoms. The van der Waals surface area contributed by atoms with E-state index in [-0.39, 0.29) is 5.91 Å². The molecule has 2 N–H and O–H groups in total. The largest absolute Gasteiger partial charge is 0.362 e. The fraction of sp³-hybridized carbons (Fsp3) is 0.346. The molecule has 0 unspecified atom stereocenters. The first-order valence-electron chi connectivity index (χ1n) is 11.9. The van der Waals surface area contributed by atoms with Crippen LogP contribution in [0.25, 0.3) is 21.3 Å². The Kier molecular flexibility index (Phi) is 6.85. The van der Waals surface area contributed by atoms with Gasteiger partial charge in [-0.2, -0.15) is 4.98 Å². The van der Waals surface area contributed by atoms with Gasteiger partial charge in [-0.1, -0.05) is 28.8 Å². The van der Waals surface area contributed by atoms with Crippen molar-refractivity contribution in [1.82, 2.24) is 24.9 Å². The number of rotatable bonds is 7. The molecule has 0 saturated heterocycles. The quantitative estimate of drug-likeness (QED) is 0.393. The first-order valence-corrected chi connectivity index (χ1v) is 12.7. The Morgan fingerprint density at radius 2 is 1.80 bits per heavy atom. The number of carbonyl (C=O) groups excluding carboxylic acids is 1. The SMILES string of the molecule is CN(C)c1nc(N[C@H]2CC[C@@H](CNC(=O)c3ccc(-c4cnns4)cc3)CC2)nc2ccccc12. The van der Waals surface area contributed by atoms with Crippen molar-refractivity contribution in [3.63, 3.8) is 0 Å². The van der Waals surface area contributed by atoms with Gasteiger partial charge in [0, 0.05) is 37.6 Å². The number of hydrogen-bond acceptors (Lipinski definition) is 8. The summed E-state index contributed by atoms with van der Waals surface area (Å²) in [6.07, 6.45) is 5.92. The van der Waals surface area contributed by atoms with Crippen LogP contribution in [-0.2, 0) is 0 Å². The second kappa shape index (κ2) is 10.4. The van der Waals surface area contributed by atoms with Gasteiger partial charge in [0.1, 0.15) is 5.82 Å². The standard InChI is InChI=1S/C26H29N7OS/c1-33(2)24-21-5-3-4-6-22(21)30-26(31-24)29-20-13-7-17(8-14-20)15-27-25(34)19-11-9-18(10-12-19)23-16-28-32-35-23/h3-6,9-12,16-17,20H,7-8,13-15H2,1-2H3,(H,27,34)(H,29,30,31)/t17-,20+. The molecule has 180 valence electrons. The first kappa shape index (κ1) is 23.2. The highest BCUT2D eigenvalue weighted by Crippen LogP contribution is 2.28. The van der Waals surface area contributed by atoms with Crippen molar-refractivity contribution in [2.45, 2.75) is 31.7 Å². The number of nitrogens with zero attached hydrogens (tertiary/aromatic N) is 5. The molecule has 8 nitrogen and oxygen atoms in total. The Morgan fingerprint density at radius 3 is 2.51 bits per heavy atom. The minimum atomic E-state index is -0.0278. The van der Waals surface area contributed by atoms with Crippen LogP contribution in [0.15, 0.2) is 54.7 Å². The third kappa shape index (κ3) is 5.40. The number of amides is 1. The normalized spacial score (nSPS) is 17.8. The van der Waals surface area contributed by atoms with Crippen molar-refractivity contribution in [3.05, 3.63) is 60.3 Å². The molecule has 0 radical (unpaired) electrons. The summed E-state index contributed by atoms with van der Waals surface area (Å²) in [4.78, 5) is 25.1. The van der Waals surface area contributed by atoms with E-state index >= 15 is 0 Å². The van der Waals surface area contributed by atoms with Gasteiger partial charge in [-0.05, 0) is 73.0 Å². The van der Waals surface area contributed by atoms with Crippen LogP contribution in [0.5, 0.6) is 0 Å². The van der Waals surface area contributed by atoms with Gasteiger partial charge in [-0.25, -0.2) is 4.98 Å². The van der Waals surface area contributed by atoms with Crippen LogP contribution in [0.4, 0.5) is 11.8 Å². The van der Waals surface area contributed by atoms with Gasteiger partial charge in [-0.15, -0.1) is 5.10 Å². The minimum absolute atomic E-state index is 0.0278. The summed E-state index contributed by atoms with van der Waals surface area (Å²) < 4.78 is 3.89. The molecule has 1 amide bonds. The summed E-state index contributed by atoms with van der Waals surface area (Å²) in [7, 11) is 4.01. The molecule has 1 aliphatic rings. The number of aromatic nitrogens is 4. The van der Waals surface area contributed by atoms with Crippen LogP contribution in [0, 0.1) is 5.92 Å². The molecule has 4 aromatic rings. The van der Waals surface area contributed by atoms with E-state index in [1.807, 2.05) is 61.5 Å². The number of para-hydroxylation sites is 1. The molecule has 0 aliphatic heterocycles. The van der Waals surface area contributed by atoms with Crippen LogP contribution in [-0.4, -0.2) is 52.1 Å². The molecule has 0 spiro atoms. The molecule has 9 heteroatoms. The molecule has 2 aromatic heterocycles. The second-order valence-electron chi connectivity index (χ2n) is 9.21. The van der Waals surface area contributed by atoms with Crippen molar-refractivity contribution < 1.29 is 4.79 Å². The lowest BCUT2D eigenvalue weighted by Gasteiger charge is -2.29. The lowest BCUT2D eigenvalue weighted by molar-refractivity contribution is 0.0943.